The molecule has 128 valence electrons. The first kappa shape index (κ1) is 16.2. The Balaban J connectivity index is 1.52. The zero-order valence-electron chi connectivity index (χ0n) is 14.0. The molecule has 23 heavy (non-hydrogen) atoms. The predicted octanol–water partition coefficient (Wildman–Crippen LogP) is 2.64. The molecule has 0 radical (unpaired) electrons. The summed E-state index contributed by atoms with van der Waals surface area (Å²) in [4.78, 5) is 18.7. The van der Waals surface area contributed by atoms with Gasteiger partial charge in [0.15, 0.2) is 5.82 Å². The maximum atomic E-state index is 12.5. The smallest absolute Gasteiger partial charge is 0.318 e. The summed E-state index contributed by atoms with van der Waals surface area (Å²) in [5, 5.41) is 6.82. The molecule has 3 rings (SSSR count). The first-order chi connectivity index (χ1) is 11.2. The van der Waals surface area contributed by atoms with Crippen molar-refractivity contribution < 1.29 is 14.1 Å². The zero-order chi connectivity index (χ0) is 16.2. The molecule has 2 heterocycles. The van der Waals surface area contributed by atoms with Gasteiger partial charge in [0, 0.05) is 19.2 Å². The van der Waals surface area contributed by atoms with Crippen LogP contribution in [0.4, 0.5) is 4.79 Å². The van der Waals surface area contributed by atoms with Crippen LogP contribution in [-0.2, 0) is 11.3 Å². The lowest BCUT2D eigenvalue weighted by Crippen LogP contribution is -2.50. The van der Waals surface area contributed by atoms with E-state index >= 15 is 0 Å². The number of carbonyl (C=O) groups excluding carboxylic acids is 1. The SMILES string of the molecule is CCO[C@H](C)c1noc(CNC(=O)N2CCC[C@H]3CCC[C@H]32)n1. The Morgan fingerprint density at radius 1 is 1.43 bits per heavy atom. The molecular weight excluding hydrogens is 296 g/mol. The molecule has 7 heteroatoms. The Morgan fingerprint density at radius 3 is 3.09 bits per heavy atom. The lowest BCUT2D eigenvalue weighted by atomic mass is 9.92. The molecule has 1 aromatic rings. The highest BCUT2D eigenvalue weighted by Crippen LogP contribution is 2.36. The largest absolute Gasteiger partial charge is 0.371 e. The minimum absolute atomic E-state index is 0.0146. The first-order valence-electron chi connectivity index (χ1n) is 8.67. The Hall–Kier alpha value is -1.63. The van der Waals surface area contributed by atoms with Gasteiger partial charge in [-0.1, -0.05) is 11.6 Å². The van der Waals surface area contributed by atoms with Crippen LogP contribution in [-0.4, -0.2) is 40.3 Å². The molecule has 0 unspecified atom stereocenters. The second-order valence-corrected chi connectivity index (χ2v) is 6.40. The van der Waals surface area contributed by atoms with E-state index in [1.807, 2.05) is 18.7 Å². The molecule has 1 saturated heterocycles. The summed E-state index contributed by atoms with van der Waals surface area (Å²) in [6, 6.07) is 0.402. The summed E-state index contributed by atoms with van der Waals surface area (Å²) in [6.07, 6.45) is 5.80. The minimum Gasteiger partial charge on any atom is -0.371 e. The Morgan fingerprint density at radius 2 is 2.26 bits per heavy atom. The molecule has 3 atom stereocenters. The van der Waals surface area contributed by atoms with Crippen LogP contribution in [0.1, 0.15) is 63.8 Å². The quantitative estimate of drug-likeness (QED) is 0.901. The third-order valence-corrected chi connectivity index (χ3v) is 4.91. The van der Waals surface area contributed by atoms with E-state index in [1.54, 1.807) is 0 Å². The van der Waals surface area contributed by atoms with Crippen LogP contribution < -0.4 is 5.32 Å². The number of aromatic nitrogens is 2. The standard InChI is InChI=1S/C16H26N4O3/c1-3-22-11(2)15-18-14(23-19-15)10-17-16(21)20-9-5-7-12-6-4-8-13(12)20/h11-13H,3-10H2,1-2H3,(H,17,21)/t11-,12-,13-/m1/s1. The summed E-state index contributed by atoms with van der Waals surface area (Å²) in [6.45, 7) is 5.51. The van der Waals surface area contributed by atoms with Crippen molar-refractivity contribution in [2.75, 3.05) is 13.2 Å². The van der Waals surface area contributed by atoms with Crippen LogP contribution in [0.15, 0.2) is 4.52 Å². The van der Waals surface area contributed by atoms with Gasteiger partial charge < -0.3 is 19.5 Å². The number of piperidine rings is 1. The van der Waals surface area contributed by atoms with Crippen LogP contribution in [0, 0.1) is 5.92 Å². The van der Waals surface area contributed by atoms with Gasteiger partial charge in [0.25, 0.3) is 0 Å². The summed E-state index contributed by atoms with van der Waals surface area (Å²) in [7, 11) is 0. The van der Waals surface area contributed by atoms with E-state index in [2.05, 4.69) is 15.5 Å². The molecule has 0 aromatic carbocycles. The maximum Gasteiger partial charge on any atom is 0.318 e. The van der Waals surface area contributed by atoms with E-state index in [4.69, 9.17) is 9.26 Å². The molecule has 1 saturated carbocycles. The lowest BCUT2D eigenvalue weighted by Gasteiger charge is -2.37. The number of carbonyl (C=O) groups is 1. The number of nitrogens with zero attached hydrogens (tertiary/aromatic N) is 3. The Labute approximate surface area is 136 Å². The highest BCUT2D eigenvalue weighted by molar-refractivity contribution is 5.74. The summed E-state index contributed by atoms with van der Waals surface area (Å²) < 4.78 is 10.6. The normalized spacial score (nSPS) is 25.2. The fourth-order valence-electron chi connectivity index (χ4n) is 3.79. The average Bonchev–Trinajstić information content (AvgIpc) is 3.21. The summed E-state index contributed by atoms with van der Waals surface area (Å²) in [5.74, 6) is 1.63. The van der Waals surface area contributed by atoms with Crippen LogP contribution >= 0.6 is 0 Å². The molecule has 2 aliphatic rings. The van der Waals surface area contributed by atoms with Crippen LogP contribution in [0.25, 0.3) is 0 Å². The number of amides is 2. The lowest BCUT2D eigenvalue weighted by molar-refractivity contribution is 0.0683. The number of urea groups is 1. The molecule has 1 aliphatic heterocycles. The number of hydrogen-bond donors (Lipinski definition) is 1. The van der Waals surface area contributed by atoms with Gasteiger partial charge in [0.2, 0.25) is 5.89 Å². The highest BCUT2D eigenvalue weighted by atomic mass is 16.5. The molecule has 1 N–H and O–H groups in total. The summed E-state index contributed by atoms with van der Waals surface area (Å²) >= 11 is 0. The van der Waals surface area contributed by atoms with Crippen molar-refractivity contribution in [2.45, 2.75) is 64.6 Å². The van der Waals surface area contributed by atoms with E-state index in [1.165, 1.54) is 19.3 Å². The van der Waals surface area contributed by atoms with Crippen LogP contribution in [0.2, 0.25) is 0 Å². The number of fused-ring (bicyclic) bond motifs is 1. The van der Waals surface area contributed by atoms with Crippen molar-refractivity contribution in [1.82, 2.24) is 20.4 Å². The molecule has 1 aromatic heterocycles. The van der Waals surface area contributed by atoms with Crippen molar-refractivity contribution in [2.24, 2.45) is 5.92 Å². The first-order valence-corrected chi connectivity index (χ1v) is 8.67. The number of hydrogen-bond acceptors (Lipinski definition) is 5. The van der Waals surface area contributed by atoms with Crippen LogP contribution in [0.3, 0.4) is 0 Å². The monoisotopic (exact) mass is 322 g/mol. The second-order valence-electron chi connectivity index (χ2n) is 6.40. The van der Waals surface area contributed by atoms with Gasteiger partial charge in [-0.25, -0.2) is 4.79 Å². The van der Waals surface area contributed by atoms with Crippen molar-refractivity contribution >= 4 is 6.03 Å². The van der Waals surface area contributed by atoms with Crippen molar-refractivity contribution in [3.8, 4) is 0 Å². The van der Waals surface area contributed by atoms with Gasteiger partial charge in [-0.3, -0.25) is 0 Å². The molecular formula is C16H26N4O3. The second kappa shape index (κ2) is 7.29. The molecule has 2 fully saturated rings. The van der Waals surface area contributed by atoms with Crippen molar-refractivity contribution in [1.29, 1.82) is 0 Å². The number of rotatable bonds is 5. The number of nitrogens with one attached hydrogen (secondary N) is 1. The fourth-order valence-corrected chi connectivity index (χ4v) is 3.79. The van der Waals surface area contributed by atoms with Crippen molar-refractivity contribution in [3.63, 3.8) is 0 Å². The van der Waals surface area contributed by atoms with Gasteiger partial charge in [0.1, 0.15) is 6.10 Å². The number of likely N-dealkylation sites (tertiary alicyclic amines) is 1. The van der Waals surface area contributed by atoms with Crippen molar-refractivity contribution in [3.05, 3.63) is 11.7 Å². The molecule has 0 spiro atoms. The van der Waals surface area contributed by atoms with Gasteiger partial charge in [-0.2, -0.15) is 4.98 Å². The van der Waals surface area contributed by atoms with Gasteiger partial charge in [-0.05, 0) is 45.4 Å². The molecule has 7 nitrogen and oxygen atoms in total. The highest BCUT2D eigenvalue weighted by Gasteiger charge is 2.37. The summed E-state index contributed by atoms with van der Waals surface area (Å²) in [5.41, 5.74) is 0. The minimum atomic E-state index is -0.199. The third-order valence-electron chi connectivity index (χ3n) is 4.91. The zero-order valence-corrected chi connectivity index (χ0v) is 14.0. The van der Waals surface area contributed by atoms with E-state index in [0.29, 0.717) is 30.3 Å². The third kappa shape index (κ3) is 3.65. The van der Waals surface area contributed by atoms with Crippen LogP contribution in [0.5, 0.6) is 0 Å². The van der Waals surface area contributed by atoms with E-state index < -0.39 is 0 Å². The van der Waals surface area contributed by atoms with E-state index in [0.717, 1.165) is 19.4 Å². The fraction of sp³-hybridized carbons (Fsp3) is 0.812. The molecule has 0 bridgehead atoms. The molecule has 1 aliphatic carbocycles. The van der Waals surface area contributed by atoms with E-state index in [9.17, 15) is 4.79 Å². The average molecular weight is 322 g/mol. The van der Waals surface area contributed by atoms with E-state index in [-0.39, 0.29) is 18.7 Å². The molecule has 2 amide bonds. The van der Waals surface area contributed by atoms with Gasteiger partial charge in [-0.15, -0.1) is 0 Å². The van der Waals surface area contributed by atoms with Gasteiger partial charge in [0.05, 0.1) is 6.54 Å². The topological polar surface area (TPSA) is 80.5 Å². The number of ether oxygens (including phenoxy) is 1. The predicted molar refractivity (Wildman–Crippen MR) is 83.6 cm³/mol. The maximum absolute atomic E-state index is 12.5. The Bertz CT molecular complexity index is 533. The van der Waals surface area contributed by atoms with Gasteiger partial charge >= 0.3 is 6.03 Å². The Kier molecular flexibility index (Phi) is 5.15.